The molecular formula is C11H17BrN2. The zero-order valence-corrected chi connectivity index (χ0v) is 10.2. The van der Waals surface area contributed by atoms with Crippen molar-refractivity contribution in [2.75, 3.05) is 0 Å². The molecule has 2 nitrogen and oxygen atoms in total. The molecule has 2 rings (SSSR count). The van der Waals surface area contributed by atoms with Gasteiger partial charge in [0.1, 0.15) is 0 Å². The average molecular weight is 257 g/mol. The molecule has 1 fully saturated rings. The molecule has 0 saturated heterocycles. The van der Waals surface area contributed by atoms with Gasteiger partial charge < -0.3 is 0 Å². The van der Waals surface area contributed by atoms with Gasteiger partial charge in [-0.05, 0) is 43.6 Å². The fraction of sp³-hybridized carbons (Fsp3) is 0.727. The average Bonchev–Trinajstić information content (AvgIpc) is 2.72. The normalized spacial score (nSPS) is 27.0. The van der Waals surface area contributed by atoms with E-state index in [1.165, 1.54) is 37.7 Å². The Kier molecular flexibility index (Phi) is 3.26. The van der Waals surface area contributed by atoms with E-state index in [-0.39, 0.29) is 0 Å². The minimum absolute atomic E-state index is 0.779. The van der Waals surface area contributed by atoms with Gasteiger partial charge in [-0.2, -0.15) is 5.10 Å². The van der Waals surface area contributed by atoms with Gasteiger partial charge in [0.15, 0.2) is 0 Å². The molecule has 0 aliphatic heterocycles. The molecule has 14 heavy (non-hydrogen) atoms. The lowest BCUT2D eigenvalue weighted by molar-refractivity contribution is 0.505. The second-order valence-corrected chi connectivity index (χ2v) is 5.63. The van der Waals surface area contributed by atoms with Crippen molar-refractivity contribution in [1.82, 2.24) is 9.78 Å². The first kappa shape index (κ1) is 10.2. The van der Waals surface area contributed by atoms with Crippen LogP contribution in [0.15, 0.2) is 12.4 Å². The summed E-state index contributed by atoms with van der Waals surface area (Å²) in [6, 6.07) is 0. The fourth-order valence-electron chi connectivity index (χ4n) is 2.25. The van der Waals surface area contributed by atoms with E-state index in [1.54, 1.807) is 0 Å². The number of aryl methyl sites for hydroxylation is 2. The highest BCUT2D eigenvalue weighted by atomic mass is 79.9. The minimum atomic E-state index is 0.779. The molecular weight excluding hydrogens is 240 g/mol. The zero-order chi connectivity index (χ0) is 9.97. The Morgan fingerprint density at radius 3 is 3.00 bits per heavy atom. The third kappa shape index (κ3) is 2.59. The Hall–Kier alpha value is -0.310. The van der Waals surface area contributed by atoms with Crippen molar-refractivity contribution in [2.24, 2.45) is 13.0 Å². The standard InChI is InChI=1S/C11H17BrN2/c1-14-8-10(7-13-14)3-2-9-4-5-11(12)6-9/h7-9,11H,2-6H2,1H3. The largest absolute Gasteiger partial charge is 0.276 e. The molecule has 1 aliphatic carbocycles. The van der Waals surface area contributed by atoms with Crippen LogP contribution in [0, 0.1) is 5.92 Å². The zero-order valence-electron chi connectivity index (χ0n) is 8.62. The lowest BCUT2D eigenvalue weighted by Gasteiger charge is -2.06. The number of rotatable bonds is 3. The number of aromatic nitrogens is 2. The molecule has 1 heterocycles. The van der Waals surface area contributed by atoms with Crippen molar-refractivity contribution in [3.05, 3.63) is 18.0 Å². The van der Waals surface area contributed by atoms with Gasteiger partial charge >= 0.3 is 0 Å². The maximum absolute atomic E-state index is 4.18. The number of hydrogen-bond donors (Lipinski definition) is 0. The van der Waals surface area contributed by atoms with Gasteiger partial charge in [0.05, 0.1) is 6.20 Å². The van der Waals surface area contributed by atoms with Crippen molar-refractivity contribution in [1.29, 1.82) is 0 Å². The first-order chi connectivity index (χ1) is 6.74. The van der Waals surface area contributed by atoms with Crippen molar-refractivity contribution in [2.45, 2.75) is 36.9 Å². The van der Waals surface area contributed by atoms with Crippen molar-refractivity contribution >= 4 is 15.9 Å². The maximum atomic E-state index is 4.18. The molecule has 1 aliphatic rings. The summed E-state index contributed by atoms with van der Waals surface area (Å²) >= 11 is 3.69. The van der Waals surface area contributed by atoms with E-state index < -0.39 is 0 Å². The topological polar surface area (TPSA) is 17.8 Å². The van der Waals surface area contributed by atoms with Crippen LogP contribution in [0.3, 0.4) is 0 Å². The third-order valence-corrected chi connectivity index (χ3v) is 3.91. The molecule has 0 radical (unpaired) electrons. The Labute approximate surface area is 93.8 Å². The first-order valence-corrected chi connectivity index (χ1v) is 6.27. The van der Waals surface area contributed by atoms with Crippen LogP contribution in [0.1, 0.15) is 31.2 Å². The Morgan fingerprint density at radius 1 is 1.57 bits per heavy atom. The monoisotopic (exact) mass is 256 g/mol. The number of nitrogens with zero attached hydrogens (tertiary/aromatic N) is 2. The number of alkyl halides is 1. The first-order valence-electron chi connectivity index (χ1n) is 5.35. The Bertz CT molecular complexity index is 295. The van der Waals surface area contributed by atoms with E-state index in [9.17, 15) is 0 Å². The van der Waals surface area contributed by atoms with Crippen LogP contribution >= 0.6 is 15.9 Å². The van der Waals surface area contributed by atoms with Crippen LogP contribution in [0.25, 0.3) is 0 Å². The predicted octanol–water partition coefficient (Wildman–Crippen LogP) is 2.92. The van der Waals surface area contributed by atoms with E-state index in [1.807, 2.05) is 17.9 Å². The summed E-state index contributed by atoms with van der Waals surface area (Å²) in [4.78, 5) is 0.779. The van der Waals surface area contributed by atoms with Crippen molar-refractivity contribution in [3.8, 4) is 0 Å². The van der Waals surface area contributed by atoms with Gasteiger partial charge in [-0.1, -0.05) is 15.9 Å². The number of halogens is 1. The van der Waals surface area contributed by atoms with Crippen LogP contribution in [-0.2, 0) is 13.5 Å². The van der Waals surface area contributed by atoms with Crippen molar-refractivity contribution in [3.63, 3.8) is 0 Å². The summed E-state index contributed by atoms with van der Waals surface area (Å²) in [6.45, 7) is 0. The Morgan fingerprint density at radius 2 is 2.43 bits per heavy atom. The van der Waals surface area contributed by atoms with E-state index in [0.29, 0.717) is 0 Å². The number of hydrogen-bond acceptors (Lipinski definition) is 1. The fourth-order valence-corrected chi connectivity index (χ4v) is 3.04. The highest BCUT2D eigenvalue weighted by Crippen LogP contribution is 2.33. The lowest BCUT2D eigenvalue weighted by Crippen LogP contribution is -1.97. The molecule has 0 spiro atoms. The minimum Gasteiger partial charge on any atom is -0.276 e. The van der Waals surface area contributed by atoms with Crippen LogP contribution in [0.4, 0.5) is 0 Å². The predicted molar refractivity (Wildman–Crippen MR) is 61.6 cm³/mol. The van der Waals surface area contributed by atoms with E-state index in [4.69, 9.17) is 0 Å². The van der Waals surface area contributed by atoms with E-state index in [0.717, 1.165) is 10.7 Å². The molecule has 0 N–H and O–H groups in total. The summed E-state index contributed by atoms with van der Waals surface area (Å²) in [6.07, 6.45) is 10.8. The molecule has 0 amide bonds. The summed E-state index contributed by atoms with van der Waals surface area (Å²) in [5.41, 5.74) is 1.38. The summed E-state index contributed by atoms with van der Waals surface area (Å²) in [5.74, 6) is 0.930. The molecule has 3 heteroatoms. The molecule has 0 aromatic carbocycles. The van der Waals surface area contributed by atoms with Gasteiger partial charge in [-0.15, -0.1) is 0 Å². The van der Waals surface area contributed by atoms with E-state index in [2.05, 4.69) is 27.2 Å². The molecule has 2 unspecified atom stereocenters. The molecule has 78 valence electrons. The van der Waals surface area contributed by atoms with Crippen LogP contribution in [0.5, 0.6) is 0 Å². The third-order valence-electron chi connectivity index (χ3n) is 3.08. The van der Waals surface area contributed by atoms with Crippen LogP contribution in [-0.4, -0.2) is 14.6 Å². The van der Waals surface area contributed by atoms with Gasteiger partial charge in [0.2, 0.25) is 0 Å². The molecule has 1 aromatic heterocycles. The molecule has 1 saturated carbocycles. The second-order valence-electron chi connectivity index (χ2n) is 4.34. The van der Waals surface area contributed by atoms with Crippen LogP contribution in [0.2, 0.25) is 0 Å². The van der Waals surface area contributed by atoms with Gasteiger partial charge in [0.25, 0.3) is 0 Å². The van der Waals surface area contributed by atoms with E-state index >= 15 is 0 Å². The second kappa shape index (κ2) is 4.47. The SMILES string of the molecule is Cn1cc(CCC2CCC(Br)C2)cn1. The summed E-state index contributed by atoms with van der Waals surface area (Å²) in [7, 11) is 1.98. The van der Waals surface area contributed by atoms with Crippen molar-refractivity contribution < 1.29 is 0 Å². The molecule has 2 atom stereocenters. The maximum Gasteiger partial charge on any atom is 0.0521 e. The molecule has 1 aromatic rings. The summed E-state index contributed by atoms with van der Waals surface area (Å²) < 4.78 is 1.89. The summed E-state index contributed by atoms with van der Waals surface area (Å²) in [5, 5.41) is 4.18. The van der Waals surface area contributed by atoms with Gasteiger partial charge in [-0.25, -0.2) is 0 Å². The lowest BCUT2D eigenvalue weighted by atomic mass is 10.00. The van der Waals surface area contributed by atoms with Gasteiger partial charge in [-0.3, -0.25) is 4.68 Å². The molecule has 0 bridgehead atoms. The quantitative estimate of drug-likeness (QED) is 0.761. The Balaban J connectivity index is 1.77. The van der Waals surface area contributed by atoms with Crippen LogP contribution < -0.4 is 0 Å². The smallest absolute Gasteiger partial charge is 0.0521 e. The highest BCUT2D eigenvalue weighted by molar-refractivity contribution is 9.09. The highest BCUT2D eigenvalue weighted by Gasteiger charge is 2.21. The van der Waals surface area contributed by atoms with Gasteiger partial charge in [0, 0.05) is 18.1 Å².